The van der Waals surface area contributed by atoms with E-state index in [1.54, 1.807) is 19.1 Å². The predicted octanol–water partition coefficient (Wildman–Crippen LogP) is 3.17. The lowest BCUT2D eigenvalue weighted by Gasteiger charge is -2.09. The Labute approximate surface area is 130 Å². The van der Waals surface area contributed by atoms with E-state index in [-0.39, 0.29) is 11.4 Å². The standard InChI is InChI=1S/C13H11BrN2O2S2/c1-9-2-3-10(7-15)6-13(9)20(17,18)16-8-12-11(14)4-5-19-12/h2-6,16H,8H2,1H3. The van der Waals surface area contributed by atoms with E-state index in [2.05, 4.69) is 20.7 Å². The number of thiophene rings is 1. The number of benzene rings is 1. The first-order valence-electron chi connectivity index (χ1n) is 5.66. The van der Waals surface area contributed by atoms with Crippen LogP contribution in [0.2, 0.25) is 0 Å². The molecule has 20 heavy (non-hydrogen) atoms. The van der Waals surface area contributed by atoms with Crippen molar-refractivity contribution in [2.45, 2.75) is 18.4 Å². The van der Waals surface area contributed by atoms with Crippen LogP contribution in [0.1, 0.15) is 16.0 Å². The average Bonchev–Trinajstić information content (AvgIpc) is 2.82. The third-order valence-corrected chi connectivity index (χ3v) is 6.19. The number of aryl methyl sites for hydroxylation is 1. The number of hydrogen-bond acceptors (Lipinski definition) is 4. The molecule has 0 radical (unpaired) electrons. The zero-order valence-corrected chi connectivity index (χ0v) is 13.8. The quantitative estimate of drug-likeness (QED) is 0.898. The third-order valence-electron chi connectivity index (χ3n) is 2.72. The van der Waals surface area contributed by atoms with Gasteiger partial charge in [-0.05, 0) is 52.0 Å². The number of hydrogen-bond donors (Lipinski definition) is 1. The van der Waals surface area contributed by atoms with Crippen molar-refractivity contribution in [2.75, 3.05) is 0 Å². The van der Waals surface area contributed by atoms with Crippen LogP contribution in [-0.2, 0) is 16.6 Å². The highest BCUT2D eigenvalue weighted by Gasteiger charge is 2.18. The van der Waals surface area contributed by atoms with Crippen LogP contribution in [0.5, 0.6) is 0 Å². The molecule has 2 rings (SSSR count). The van der Waals surface area contributed by atoms with Crippen LogP contribution < -0.4 is 4.72 Å². The van der Waals surface area contributed by atoms with Crippen molar-refractivity contribution < 1.29 is 8.42 Å². The minimum atomic E-state index is -3.63. The van der Waals surface area contributed by atoms with Crippen molar-refractivity contribution in [2.24, 2.45) is 0 Å². The molecule has 1 heterocycles. The van der Waals surface area contributed by atoms with Gasteiger partial charge in [-0.15, -0.1) is 11.3 Å². The summed E-state index contributed by atoms with van der Waals surface area (Å²) in [7, 11) is -3.63. The normalized spacial score (nSPS) is 11.2. The molecule has 0 spiro atoms. The molecule has 4 nitrogen and oxygen atoms in total. The number of nitrogens with one attached hydrogen (secondary N) is 1. The molecule has 2 aromatic rings. The van der Waals surface area contributed by atoms with E-state index in [9.17, 15) is 8.42 Å². The fourth-order valence-corrected chi connectivity index (χ4v) is 4.44. The van der Waals surface area contributed by atoms with Crippen LogP contribution in [0.15, 0.2) is 39.0 Å². The maximum atomic E-state index is 12.3. The molecule has 0 amide bonds. The summed E-state index contributed by atoms with van der Waals surface area (Å²) in [4.78, 5) is 1.05. The van der Waals surface area contributed by atoms with Gasteiger partial charge in [-0.25, -0.2) is 13.1 Å². The van der Waals surface area contributed by atoms with E-state index < -0.39 is 10.0 Å². The molecule has 7 heteroatoms. The van der Waals surface area contributed by atoms with Gasteiger partial charge in [-0.2, -0.15) is 5.26 Å². The molecule has 0 fully saturated rings. The van der Waals surface area contributed by atoms with Crippen LogP contribution in [0.25, 0.3) is 0 Å². The summed E-state index contributed by atoms with van der Waals surface area (Å²) in [6.45, 7) is 1.92. The van der Waals surface area contributed by atoms with Crippen LogP contribution in [0.4, 0.5) is 0 Å². The van der Waals surface area contributed by atoms with E-state index in [4.69, 9.17) is 5.26 Å². The Morgan fingerprint density at radius 1 is 1.40 bits per heavy atom. The Bertz CT molecular complexity index is 776. The molecular weight excluding hydrogens is 360 g/mol. The minimum absolute atomic E-state index is 0.143. The Balaban J connectivity index is 2.27. The maximum Gasteiger partial charge on any atom is 0.241 e. The van der Waals surface area contributed by atoms with Gasteiger partial charge in [0.05, 0.1) is 16.5 Å². The molecule has 104 valence electrons. The average molecular weight is 371 g/mol. The summed E-state index contributed by atoms with van der Waals surface area (Å²) in [6, 6.07) is 8.44. The Morgan fingerprint density at radius 3 is 2.75 bits per heavy atom. The molecule has 1 aromatic carbocycles. The summed E-state index contributed by atoms with van der Waals surface area (Å²) >= 11 is 4.83. The third kappa shape index (κ3) is 3.27. The monoisotopic (exact) mass is 370 g/mol. The smallest absolute Gasteiger partial charge is 0.207 e. The molecule has 0 bridgehead atoms. The van der Waals surface area contributed by atoms with Crippen molar-refractivity contribution in [1.29, 1.82) is 5.26 Å². The molecule has 0 aliphatic heterocycles. The van der Waals surface area contributed by atoms with E-state index in [0.717, 1.165) is 9.35 Å². The van der Waals surface area contributed by atoms with Crippen LogP contribution in [0, 0.1) is 18.3 Å². The summed E-state index contributed by atoms with van der Waals surface area (Å²) in [5, 5.41) is 10.7. The van der Waals surface area contributed by atoms with Crippen molar-refractivity contribution in [3.05, 3.63) is 50.1 Å². The molecule has 0 aliphatic carbocycles. The largest absolute Gasteiger partial charge is 0.241 e. The SMILES string of the molecule is Cc1ccc(C#N)cc1S(=O)(=O)NCc1sccc1Br. The first-order chi connectivity index (χ1) is 9.44. The van der Waals surface area contributed by atoms with Gasteiger partial charge < -0.3 is 0 Å². The van der Waals surface area contributed by atoms with Crippen molar-refractivity contribution in [3.63, 3.8) is 0 Å². The highest BCUT2D eigenvalue weighted by Crippen LogP contribution is 2.23. The second-order valence-corrected chi connectivity index (χ2v) is 7.70. The Morgan fingerprint density at radius 2 is 2.15 bits per heavy atom. The number of nitriles is 1. The van der Waals surface area contributed by atoms with Crippen molar-refractivity contribution in [1.82, 2.24) is 4.72 Å². The van der Waals surface area contributed by atoms with Gasteiger partial charge >= 0.3 is 0 Å². The highest BCUT2D eigenvalue weighted by molar-refractivity contribution is 9.10. The fraction of sp³-hybridized carbons (Fsp3) is 0.154. The van der Waals surface area contributed by atoms with Crippen molar-refractivity contribution in [3.8, 4) is 6.07 Å². The second-order valence-electron chi connectivity index (χ2n) is 4.11. The first-order valence-corrected chi connectivity index (χ1v) is 8.82. The fourth-order valence-electron chi connectivity index (χ4n) is 1.65. The lowest BCUT2D eigenvalue weighted by atomic mass is 10.2. The lowest BCUT2D eigenvalue weighted by molar-refractivity contribution is 0.581. The van der Waals surface area contributed by atoms with Gasteiger partial charge in [0.2, 0.25) is 10.0 Å². The summed E-state index contributed by atoms with van der Waals surface area (Å²) in [5.41, 5.74) is 0.940. The predicted molar refractivity (Wildman–Crippen MR) is 81.9 cm³/mol. The molecule has 0 unspecified atom stereocenters. The Hall–Kier alpha value is -1.20. The van der Waals surface area contributed by atoms with Crippen LogP contribution in [0.3, 0.4) is 0 Å². The zero-order valence-electron chi connectivity index (χ0n) is 10.6. The van der Waals surface area contributed by atoms with Gasteiger partial charge in [0.1, 0.15) is 0 Å². The van der Waals surface area contributed by atoms with E-state index in [1.165, 1.54) is 17.4 Å². The van der Waals surface area contributed by atoms with E-state index in [1.807, 2.05) is 17.5 Å². The Kier molecular flexibility index (Phi) is 4.60. The zero-order chi connectivity index (χ0) is 14.8. The van der Waals surface area contributed by atoms with Gasteiger partial charge in [-0.3, -0.25) is 0 Å². The molecule has 1 aromatic heterocycles. The lowest BCUT2D eigenvalue weighted by Crippen LogP contribution is -2.23. The number of halogens is 1. The van der Waals surface area contributed by atoms with Crippen LogP contribution in [-0.4, -0.2) is 8.42 Å². The summed E-state index contributed by atoms with van der Waals surface area (Å²) in [5.74, 6) is 0. The molecule has 0 saturated carbocycles. The van der Waals surface area contributed by atoms with Crippen molar-refractivity contribution >= 4 is 37.3 Å². The molecule has 0 atom stereocenters. The molecule has 0 saturated heterocycles. The molecule has 1 N–H and O–H groups in total. The molecular formula is C13H11BrN2O2S2. The van der Waals surface area contributed by atoms with Gasteiger partial charge in [0.25, 0.3) is 0 Å². The van der Waals surface area contributed by atoms with Gasteiger partial charge in [-0.1, -0.05) is 6.07 Å². The molecule has 0 aliphatic rings. The number of sulfonamides is 1. The van der Waals surface area contributed by atoms with Gasteiger partial charge in [0, 0.05) is 15.9 Å². The van der Waals surface area contributed by atoms with E-state index in [0.29, 0.717) is 11.1 Å². The summed E-state index contributed by atoms with van der Waals surface area (Å²) in [6.07, 6.45) is 0. The highest BCUT2D eigenvalue weighted by atomic mass is 79.9. The maximum absolute atomic E-state index is 12.3. The summed E-state index contributed by atoms with van der Waals surface area (Å²) < 4.78 is 28.0. The number of rotatable bonds is 4. The van der Waals surface area contributed by atoms with Gasteiger partial charge in [0.15, 0.2) is 0 Å². The van der Waals surface area contributed by atoms with E-state index >= 15 is 0 Å². The first kappa shape index (κ1) is 15.2. The topological polar surface area (TPSA) is 70.0 Å². The second kappa shape index (κ2) is 6.06. The van der Waals surface area contributed by atoms with Crippen LogP contribution >= 0.6 is 27.3 Å². The number of nitrogens with zero attached hydrogens (tertiary/aromatic N) is 1. The minimum Gasteiger partial charge on any atom is -0.207 e.